The van der Waals surface area contributed by atoms with E-state index in [1.54, 1.807) is 17.9 Å². The Balaban J connectivity index is 3.19. The molecule has 0 spiro atoms. The van der Waals surface area contributed by atoms with Crippen LogP contribution in [0, 0.1) is 11.8 Å². The number of hydrogen-bond acceptors (Lipinski definition) is 3. The molecule has 1 rings (SSSR count). The molecule has 0 atom stereocenters. The summed E-state index contributed by atoms with van der Waals surface area (Å²) in [6.07, 6.45) is 1.64. The van der Waals surface area contributed by atoms with Crippen LogP contribution in [0.1, 0.15) is 33.4 Å². The van der Waals surface area contributed by atoms with Crippen molar-refractivity contribution in [3.05, 3.63) is 11.9 Å². The fourth-order valence-corrected chi connectivity index (χ4v) is 1.91. The van der Waals surface area contributed by atoms with E-state index in [9.17, 15) is 5.11 Å². The van der Waals surface area contributed by atoms with Gasteiger partial charge in [0.15, 0.2) is 0 Å². The third kappa shape index (κ3) is 1.54. The van der Waals surface area contributed by atoms with Crippen LogP contribution in [0.4, 0.5) is 0 Å². The van der Waals surface area contributed by atoms with Crippen LogP contribution in [0.25, 0.3) is 0 Å². The van der Waals surface area contributed by atoms with E-state index < -0.39 is 5.60 Å². The predicted molar refractivity (Wildman–Crippen MR) is 54.6 cm³/mol. The summed E-state index contributed by atoms with van der Waals surface area (Å²) in [5.74, 6) is 0.277. The summed E-state index contributed by atoms with van der Waals surface area (Å²) in [6, 6.07) is 0. The highest BCUT2D eigenvalue weighted by atomic mass is 16.3. The lowest BCUT2D eigenvalue weighted by Crippen LogP contribution is -2.39. The van der Waals surface area contributed by atoms with E-state index in [2.05, 4.69) is 10.3 Å². The number of nitrogens with zero attached hydrogens (tertiary/aromatic N) is 3. The van der Waals surface area contributed by atoms with Crippen molar-refractivity contribution >= 4 is 0 Å². The summed E-state index contributed by atoms with van der Waals surface area (Å²) in [5, 5.41) is 18.3. The van der Waals surface area contributed by atoms with Crippen molar-refractivity contribution in [2.45, 2.75) is 33.3 Å². The Morgan fingerprint density at radius 3 is 2.07 bits per heavy atom. The number of aryl methyl sites for hydroxylation is 1. The Kier molecular flexibility index (Phi) is 2.95. The average molecular weight is 197 g/mol. The van der Waals surface area contributed by atoms with Gasteiger partial charge in [-0.15, -0.1) is 5.10 Å². The molecule has 0 saturated heterocycles. The summed E-state index contributed by atoms with van der Waals surface area (Å²) in [7, 11) is 1.80. The van der Waals surface area contributed by atoms with Crippen LogP contribution >= 0.6 is 0 Å². The first kappa shape index (κ1) is 11.2. The monoisotopic (exact) mass is 197 g/mol. The lowest BCUT2D eigenvalue weighted by molar-refractivity contribution is -0.0597. The van der Waals surface area contributed by atoms with Gasteiger partial charge in [0.2, 0.25) is 0 Å². The number of aromatic nitrogens is 3. The molecule has 1 heterocycles. The standard InChI is InChI=1S/C10H19N3O/c1-7(2)10(14,8(3)4)9-6-11-12-13(9)5/h6-8,14H,1-5H3. The van der Waals surface area contributed by atoms with Gasteiger partial charge in [0, 0.05) is 7.05 Å². The van der Waals surface area contributed by atoms with Crippen molar-refractivity contribution in [1.82, 2.24) is 15.0 Å². The van der Waals surface area contributed by atoms with Crippen LogP contribution in [-0.4, -0.2) is 20.1 Å². The molecule has 0 radical (unpaired) electrons. The Morgan fingerprint density at radius 2 is 1.79 bits per heavy atom. The van der Waals surface area contributed by atoms with Crippen LogP contribution in [0.2, 0.25) is 0 Å². The SMILES string of the molecule is CC(C)C(O)(c1cnnn1C)C(C)C. The van der Waals surface area contributed by atoms with Gasteiger partial charge in [0.25, 0.3) is 0 Å². The minimum Gasteiger partial charge on any atom is -0.383 e. The quantitative estimate of drug-likeness (QED) is 0.795. The number of hydrogen-bond donors (Lipinski definition) is 1. The molecule has 4 nitrogen and oxygen atoms in total. The molecule has 1 aromatic rings. The molecule has 0 aromatic carbocycles. The highest BCUT2D eigenvalue weighted by Crippen LogP contribution is 2.35. The Bertz CT molecular complexity index is 296. The molecular weight excluding hydrogens is 178 g/mol. The van der Waals surface area contributed by atoms with Crippen LogP contribution in [0.3, 0.4) is 0 Å². The largest absolute Gasteiger partial charge is 0.383 e. The Labute approximate surface area is 84.9 Å². The average Bonchev–Trinajstić information content (AvgIpc) is 2.49. The van der Waals surface area contributed by atoms with E-state index in [1.807, 2.05) is 27.7 Å². The highest BCUT2D eigenvalue weighted by molar-refractivity contribution is 5.10. The van der Waals surface area contributed by atoms with Crippen LogP contribution in [0.5, 0.6) is 0 Å². The number of aliphatic hydroxyl groups is 1. The maximum absolute atomic E-state index is 10.6. The molecule has 1 N–H and O–H groups in total. The molecule has 0 aliphatic rings. The van der Waals surface area contributed by atoms with Crippen molar-refractivity contribution in [3.63, 3.8) is 0 Å². The molecule has 0 saturated carbocycles. The minimum absolute atomic E-state index is 0.139. The Morgan fingerprint density at radius 1 is 1.29 bits per heavy atom. The molecule has 4 heteroatoms. The van der Waals surface area contributed by atoms with E-state index >= 15 is 0 Å². The van der Waals surface area contributed by atoms with Crippen molar-refractivity contribution in [2.24, 2.45) is 18.9 Å². The van der Waals surface area contributed by atoms with E-state index in [1.165, 1.54) is 0 Å². The van der Waals surface area contributed by atoms with Crippen LogP contribution in [-0.2, 0) is 12.6 Å². The van der Waals surface area contributed by atoms with Crippen molar-refractivity contribution in [2.75, 3.05) is 0 Å². The zero-order chi connectivity index (χ0) is 10.9. The zero-order valence-corrected chi connectivity index (χ0v) is 9.52. The van der Waals surface area contributed by atoms with Crippen LogP contribution < -0.4 is 0 Å². The van der Waals surface area contributed by atoms with Gasteiger partial charge in [-0.1, -0.05) is 32.9 Å². The topological polar surface area (TPSA) is 50.9 Å². The molecule has 0 unspecified atom stereocenters. The molecule has 80 valence electrons. The molecule has 1 aromatic heterocycles. The summed E-state index contributed by atoms with van der Waals surface area (Å²) in [4.78, 5) is 0. The van der Waals surface area contributed by atoms with Gasteiger partial charge in [0.1, 0.15) is 5.60 Å². The van der Waals surface area contributed by atoms with Crippen molar-refractivity contribution in [1.29, 1.82) is 0 Å². The first-order chi connectivity index (χ1) is 6.40. The van der Waals surface area contributed by atoms with Gasteiger partial charge in [0.05, 0.1) is 11.9 Å². The fraction of sp³-hybridized carbons (Fsp3) is 0.800. The Hall–Kier alpha value is -0.900. The second-order valence-corrected chi connectivity index (χ2v) is 4.38. The van der Waals surface area contributed by atoms with Crippen LogP contribution in [0.15, 0.2) is 6.20 Å². The van der Waals surface area contributed by atoms with Gasteiger partial charge in [-0.05, 0) is 11.8 Å². The molecule has 0 amide bonds. The fourth-order valence-electron chi connectivity index (χ4n) is 1.91. The summed E-state index contributed by atoms with van der Waals surface area (Å²) < 4.78 is 1.64. The maximum Gasteiger partial charge on any atom is 0.112 e. The van der Waals surface area contributed by atoms with Gasteiger partial charge in [-0.3, -0.25) is 0 Å². The third-order valence-electron chi connectivity index (χ3n) is 2.89. The minimum atomic E-state index is -0.849. The second-order valence-electron chi connectivity index (χ2n) is 4.38. The zero-order valence-electron chi connectivity index (χ0n) is 9.52. The molecule has 0 aliphatic carbocycles. The molecule has 0 fully saturated rings. The van der Waals surface area contributed by atoms with Gasteiger partial charge >= 0.3 is 0 Å². The lowest BCUT2D eigenvalue weighted by Gasteiger charge is -2.35. The van der Waals surface area contributed by atoms with E-state index in [-0.39, 0.29) is 11.8 Å². The maximum atomic E-state index is 10.6. The number of rotatable bonds is 3. The molecule has 0 aliphatic heterocycles. The van der Waals surface area contributed by atoms with Gasteiger partial charge in [-0.25, -0.2) is 4.68 Å². The van der Waals surface area contributed by atoms with E-state index in [4.69, 9.17) is 0 Å². The van der Waals surface area contributed by atoms with Gasteiger partial charge in [-0.2, -0.15) is 0 Å². The first-order valence-corrected chi connectivity index (χ1v) is 4.98. The van der Waals surface area contributed by atoms with Gasteiger partial charge < -0.3 is 5.11 Å². The molecule has 0 bridgehead atoms. The second kappa shape index (κ2) is 3.69. The first-order valence-electron chi connectivity index (χ1n) is 4.98. The van der Waals surface area contributed by atoms with E-state index in [0.29, 0.717) is 0 Å². The van der Waals surface area contributed by atoms with Crippen molar-refractivity contribution in [3.8, 4) is 0 Å². The predicted octanol–water partition coefficient (Wildman–Crippen LogP) is 1.31. The summed E-state index contributed by atoms with van der Waals surface area (Å²) in [5.41, 5.74) is -0.0689. The third-order valence-corrected chi connectivity index (χ3v) is 2.89. The summed E-state index contributed by atoms with van der Waals surface area (Å²) >= 11 is 0. The smallest absolute Gasteiger partial charge is 0.112 e. The summed E-state index contributed by atoms with van der Waals surface area (Å²) in [6.45, 7) is 8.03. The lowest BCUT2D eigenvalue weighted by atomic mass is 9.78. The molecular formula is C10H19N3O. The van der Waals surface area contributed by atoms with E-state index in [0.717, 1.165) is 5.69 Å². The van der Waals surface area contributed by atoms with Crippen molar-refractivity contribution < 1.29 is 5.11 Å². The molecule has 14 heavy (non-hydrogen) atoms. The highest BCUT2D eigenvalue weighted by Gasteiger charge is 2.39. The normalized spacial score (nSPS) is 12.9.